The molecule has 1 aliphatic carbocycles. The summed E-state index contributed by atoms with van der Waals surface area (Å²) in [4.78, 5) is 26.0. The molecule has 21 heavy (non-hydrogen) atoms. The third kappa shape index (κ3) is 4.19. The standard InChI is InChI=1S/C16H28N2O3/c1-12(2)15(21)18-8-3-13(4-9-18)14(20)17-11-16(5-6-16)7-10-19/h12-13,19H,3-11H2,1-2H3,(H,17,20). The highest BCUT2D eigenvalue weighted by atomic mass is 16.3. The molecule has 0 aromatic rings. The summed E-state index contributed by atoms with van der Waals surface area (Å²) in [5.74, 6) is 0.374. The Morgan fingerprint density at radius 1 is 1.29 bits per heavy atom. The minimum absolute atomic E-state index is 0.0311. The third-order valence-corrected chi connectivity index (χ3v) is 4.91. The molecule has 1 saturated heterocycles. The SMILES string of the molecule is CC(C)C(=O)N1CCC(C(=O)NCC2(CCO)CC2)CC1. The fraction of sp³-hybridized carbons (Fsp3) is 0.875. The predicted octanol–water partition coefficient (Wildman–Crippen LogP) is 1.16. The first kappa shape index (κ1) is 16.3. The fourth-order valence-electron chi connectivity index (χ4n) is 3.08. The Balaban J connectivity index is 1.72. The van der Waals surface area contributed by atoms with Crippen LogP contribution in [0.4, 0.5) is 0 Å². The highest BCUT2D eigenvalue weighted by Crippen LogP contribution is 2.47. The highest BCUT2D eigenvalue weighted by molar-refractivity contribution is 5.80. The van der Waals surface area contributed by atoms with E-state index in [0.29, 0.717) is 19.6 Å². The van der Waals surface area contributed by atoms with Crippen LogP contribution in [0, 0.1) is 17.3 Å². The summed E-state index contributed by atoms with van der Waals surface area (Å²) in [6, 6.07) is 0. The number of hydrogen-bond acceptors (Lipinski definition) is 3. The maximum Gasteiger partial charge on any atom is 0.225 e. The molecule has 1 heterocycles. The summed E-state index contributed by atoms with van der Waals surface area (Å²) in [5.41, 5.74) is 0.165. The summed E-state index contributed by atoms with van der Waals surface area (Å²) < 4.78 is 0. The van der Waals surface area contributed by atoms with Gasteiger partial charge < -0.3 is 15.3 Å². The van der Waals surface area contributed by atoms with Gasteiger partial charge in [-0.15, -0.1) is 0 Å². The van der Waals surface area contributed by atoms with E-state index >= 15 is 0 Å². The molecule has 1 saturated carbocycles. The second kappa shape index (κ2) is 6.77. The zero-order chi connectivity index (χ0) is 15.5. The van der Waals surface area contributed by atoms with Crippen molar-refractivity contribution in [2.45, 2.75) is 46.0 Å². The van der Waals surface area contributed by atoms with E-state index in [0.717, 1.165) is 32.1 Å². The largest absolute Gasteiger partial charge is 0.396 e. The maximum atomic E-state index is 12.2. The van der Waals surface area contributed by atoms with Crippen molar-refractivity contribution < 1.29 is 14.7 Å². The lowest BCUT2D eigenvalue weighted by Gasteiger charge is -2.32. The van der Waals surface area contributed by atoms with Crippen LogP contribution >= 0.6 is 0 Å². The van der Waals surface area contributed by atoms with Crippen LogP contribution in [0.5, 0.6) is 0 Å². The van der Waals surface area contributed by atoms with Crippen molar-refractivity contribution in [3.8, 4) is 0 Å². The quantitative estimate of drug-likeness (QED) is 0.773. The normalized spacial score (nSPS) is 21.4. The predicted molar refractivity (Wildman–Crippen MR) is 80.5 cm³/mol. The topological polar surface area (TPSA) is 69.6 Å². The van der Waals surface area contributed by atoms with Gasteiger partial charge in [-0.3, -0.25) is 9.59 Å². The number of piperidine rings is 1. The number of carbonyl (C=O) groups excluding carboxylic acids is 2. The molecule has 5 nitrogen and oxygen atoms in total. The maximum absolute atomic E-state index is 12.2. The van der Waals surface area contributed by atoms with E-state index in [1.807, 2.05) is 18.7 Å². The summed E-state index contributed by atoms with van der Waals surface area (Å²) in [6.45, 7) is 6.10. The van der Waals surface area contributed by atoms with Gasteiger partial charge in [0.15, 0.2) is 0 Å². The fourth-order valence-corrected chi connectivity index (χ4v) is 3.08. The average molecular weight is 296 g/mol. The average Bonchev–Trinajstić information content (AvgIpc) is 3.24. The van der Waals surface area contributed by atoms with Gasteiger partial charge in [-0.1, -0.05) is 13.8 Å². The summed E-state index contributed by atoms with van der Waals surface area (Å²) in [5, 5.41) is 12.1. The lowest BCUT2D eigenvalue weighted by atomic mass is 9.94. The number of nitrogens with one attached hydrogen (secondary N) is 1. The van der Waals surface area contributed by atoms with Gasteiger partial charge in [0.05, 0.1) is 0 Å². The van der Waals surface area contributed by atoms with E-state index in [9.17, 15) is 9.59 Å². The van der Waals surface area contributed by atoms with Crippen molar-refractivity contribution >= 4 is 11.8 Å². The van der Waals surface area contributed by atoms with Crippen LogP contribution < -0.4 is 5.32 Å². The summed E-state index contributed by atoms with van der Waals surface area (Å²) in [7, 11) is 0. The van der Waals surface area contributed by atoms with E-state index < -0.39 is 0 Å². The van der Waals surface area contributed by atoms with Crippen LogP contribution in [-0.4, -0.2) is 48.1 Å². The highest BCUT2D eigenvalue weighted by Gasteiger charge is 2.42. The van der Waals surface area contributed by atoms with Gasteiger partial charge >= 0.3 is 0 Å². The van der Waals surface area contributed by atoms with E-state index in [4.69, 9.17) is 5.11 Å². The molecule has 0 spiro atoms. The Kier molecular flexibility index (Phi) is 5.25. The van der Waals surface area contributed by atoms with Crippen LogP contribution in [0.3, 0.4) is 0 Å². The Bertz CT molecular complexity index is 383. The molecule has 0 radical (unpaired) electrons. The number of amides is 2. The molecular formula is C16H28N2O3. The molecule has 0 aromatic carbocycles. The molecule has 2 N–H and O–H groups in total. The zero-order valence-electron chi connectivity index (χ0n) is 13.2. The Morgan fingerprint density at radius 2 is 1.90 bits per heavy atom. The number of hydrogen-bond donors (Lipinski definition) is 2. The van der Waals surface area contributed by atoms with Gasteiger partial charge in [0.25, 0.3) is 0 Å². The minimum atomic E-state index is 0.0311. The Labute approximate surface area is 127 Å². The summed E-state index contributed by atoms with van der Waals surface area (Å²) in [6.07, 6.45) is 4.52. The molecule has 1 aliphatic heterocycles. The van der Waals surface area contributed by atoms with Crippen molar-refractivity contribution in [3.05, 3.63) is 0 Å². The van der Waals surface area contributed by atoms with Crippen LogP contribution in [0.15, 0.2) is 0 Å². The van der Waals surface area contributed by atoms with Crippen molar-refractivity contribution in [1.82, 2.24) is 10.2 Å². The van der Waals surface area contributed by atoms with Crippen molar-refractivity contribution in [2.75, 3.05) is 26.2 Å². The molecule has 120 valence electrons. The second-order valence-electron chi connectivity index (χ2n) is 6.95. The number of carbonyl (C=O) groups is 2. The Hall–Kier alpha value is -1.10. The number of likely N-dealkylation sites (tertiary alicyclic amines) is 1. The molecule has 0 bridgehead atoms. The molecule has 5 heteroatoms. The van der Waals surface area contributed by atoms with Gasteiger partial charge in [0, 0.05) is 38.1 Å². The molecule has 2 aliphatic rings. The van der Waals surface area contributed by atoms with E-state index in [1.54, 1.807) is 0 Å². The lowest BCUT2D eigenvalue weighted by Crippen LogP contribution is -2.45. The number of aliphatic hydroxyl groups excluding tert-OH is 1. The van der Waals surface area contributed by atoms with Crippen LogP contribution in [0.1, 0.15) is 46.0 Å². The first-order chi connectivity index (χ1) is 9.97. The molecule has 2 fully saturated rings. The van der Waals surface area contributed by atoms with Crippen LogP contribution in [0.25, 0.3) is 0 Å². The molecule has 0 aromatic heterocycles. The third-order valence-electron chi connectivity index (χ3n) is 4.91. The second-order valence-corrected chi connectivity index (χ2v) is 6.95. The number of nitrogens with zero attached hydrogens (tertiary/aromatic N) is 1. The zero-order valence-corrected chi connectivity index (χ0v) is 13.2. The van der Waals surface area contributed by atoms with Crippen molar-refractivity contribution in [1.29, 1.82) is 0 Å². The van der Waals surface area contributed by atoms with Crippen LogP contribution in [0.2, 0.25) is 0 Å². The van der Waals surface area contributed by atoms with Crippen molar-refractivity contribution in [2.24, 2.45) is 17.3 Å². The molecular weight excluding hydrogens is 268 g/mol. The van der Waals surface area contributed by atoms with E-state index in [-0.39, 0.29) is 35.7 Å². The molecule has 0 atom stereocenters. The van der Waals surface area contributed by atoms with Gasteiger partial charge in [-0.2, -0.15) is 0 Å². The first-order valence-corrected chi connectivity index (χ1v) is 8.15. The molecule has 2 rings (SSSR count). The van der Waals surface area contributed by atoms with Gasteiger partial charge in [0.1, 0.15) is 0 Å². The van der Waals surface area contributed by atoms with E-state index in [1.165, 1.54) is 0 Å². The van der Waals surface area contributed by atoms with Gasteiger partial charge in [-0.05, 0) is 37.5 Å². The molecule has 2 amide bonds. The van der Waals surface area contributed by atoms with Gasteiger partial charge in [-0.25, -0.2) is 0 Å². The number of aliphatic hydroxyl groups is 1. The minimum Gasteiger partial charge on any atom is -0.396 e. The number of rotatable bonds is 6. The lowest BCUT2D eigenvalue weighted by molar-refractivity contribution is -0.138. The monoisotopic (exact) mass is 296 g/mol. The molecule has 0 unspecified atom stereocenters. The summed E-state index contributed by atoms with van der Waals surface area (Å²) >= 11 is 0. The smallest absolute Gasteiger partial charge is 0.225 e. The van der Waals surface area contributed by atoms with Crippen LogP contribution in [-0.2, 0) is 9.59 Å². The first-order valence-electron chi connectivity index (χ1n) is 8.15. The van der Waals surface area contributed by atoms with E-state index in [2.05, 4.69) is 5.32 Å². The van der Waals surface area contributed by atoms with Gasteiger partial charge in [0.2, 0.25) is 11.8 Å². The van der Waals surface area contributed by atoms with Crippen molar-refractivity contribution in [3.63, 3.8) is 0 Å². The Morgan fingerprint density at radius 3 is 2.38 bits per heavy atom.